The van der Waals surface area contributed by atoms with Crippen molar-refractivity contribution in [3.8, 4) is 0 Å². The zero-order valence-corrected chi connectivity index (χ0v) is 7.46. The van der Waals surface area contributed by atoms with Gasteiger partial charge in [-0.15, -0.1) is 0 Å². The summed E-state index contributed by atoms with van der Waals surface area (Å²) in [5.74, 6) is 0.911. The van der Waals surface area contributed by atoms with Crippen LogP contribution in [0.5, 0.6) is 0 Å². The molecule has 0 radical (unpaired) electrons. The Bertz CT molecular complexity index is 124. The fraction of sp³-hybridized carbons (Fsp3) is 0.600. The quantitative estimate of drug-likeness (QED) is 0.473. The molecule has 0 rings (SSSR count). The second kappa shape index (κ2) is 4.95. The standard InChI is InChI=1S/C5H11O2PS/c1-4-9-5(2)7-8(3)6/h8H,2,4H2,1,3H3. The molecule has 2 nitrogen and oxygen atoms in total. The van der Waals surface area contributed by atoms with Crippen molar-refractivity contribution in [1.82, 2.24) is 0 Å². The lowest BCUT2D eigenvalue weighted by Crippen LogP contribution is -1.75. The largest absolute Gasteiger partial charge is 0.439 e. The van der Waals surface area contributed by atoms with Gasteiger partial charge in [-0.1, -0.05) is 18.7 Å². The average molecular weight is 166 g/mol. The molecule has 0 fully saturated rings. The molecule has 1 unspecified atom stereocenters. The third kappa shape index (κ3) is 6.00. The van der Waals surface area contributed by atoms with E-state index >= 15 is 0 Å². The molecule has 0 aromatic carbocycles. The molecule has 0 N–H and O–H groups in total. The van der Waals surface area contributed by atoms with Crippen molar-refractivity contribution >= 4 is 19.8 Å². The third-order valence-electron chi connectivity index (χ3n) is 0.563. The normalized spacial score (nSPS) is 12.7. The van der Waals surface area contributed by atoms with E-state index in [1.165, 1.54) is 11.8 Å². The van der Waals surface area contributed by atoms with E-state index in [1.807, 2.05) is 6.92 Å². The van der Waals surface area contributed by atoms with E-state index in [1.54, 1.807) is 6.66 Å². The van der Waals surface area contributed by atoms with Crippen molar-refractivity contribution < 1.29 is 9.09 Å². The first-order valence-corrected chi connectivity index (χ1v) is 5.47. The summed E-state index contributed by atoms with van der Waals surface area (Å²) in [5, 5.41) is 0.559. The number of hydrogen-bond acceptors (Lipinski definition) is 3. The van der Waals surface area contributed by atoms with Gasteiger partial charge in [0.05, 0.1) is 0 Å². The lowest BCUT2D eigenvalue weighted by atomic mass is 11.0. The second-order valence-electron chi connectivity index (χ2n) is 1.40. The Kier molecular flexibility index (Phi) is 5.02. The zero-order valence-electron chi connectivity index (χ0n) is 5.64. The molecule has 1 atom stereocenters. The van der Waals surface area contributed by atoms with Crippen LogP contribution in [0.3, 0.4) is 0 Å². The highest BCUT2D eigenvalue weighted by molar-refractivity contribution is 8.02. The Hall–Kier alpha value is 0.120. The Morgan fingerprint density at radius 1 is 1.89 bits per heavy atom. The Morgan fingerprint density at radius 3 is 2.78 bits per heavy atom. The fourth-order valence-corrected chi connectivity index (χ4v) is 1.58. The molecule has 0 aromatic heterocycles. The molecule has 0 spiro atoms. The van der Waals surface area contributed by atoms with Crippen molar-refractivity contribution in [2.45, 2.75) is 6.92 Å². The first-order chi connectivity index (χ1) is 4.16. The molecule has 9 heavy (non-hydrogen) atoms. The zero-order chi connectivity index (χ0) is 7.28. The van der Waals surface area contributed by atoms with Gasteiger partial charge in [-0.25, -0.2) is 0 Å². The molecule has 0 bridgehead atoms. The molecule has 4 heteroatoms. The topological polar surface area (TPSA) is 26.3 Å². The van der Waals surface area contributed by atoms with Crippen molar-refractivity contribution in [1.29, 1.82) is 0 Å². The van der Waals surface area contributed by atoms with Gasteiger partial charge in [-0.05, 0) is 12.3 Å². The van der Waals surface area contributed by atoms with Crippen LogP contribution in [0.2, 0.25) is 0 Å². The van der Waals surface area contributed by atoms with Gasteiger partial charge in [0.25, 0.3) is 0 Å². The highest BCUT2D eigenvalue weighted by Gasteiger charge is 1.93. The lowest BCUT2D eigenvalue weighted by molar-refractivity contribution is 0.460. The van der Waals surface area contributed by atoms with Crippen LogP contribution in [-0.2, 0) is 9.09 Å². The van der Waals surface area contributed by atoms with E-state index in [-0.39, 0.29) is 0 Å². The first kappa shape index (κ1) is 9.12. The third-order valence-corrected chi connectivity index (χ3v) is 1.94. The minimum atomic E-state index is -1.83. The minimum absolute atomic E-state index is 0.559. The van der Waals surface area contributed by atoms with Gasteiger partial charge in [0.2, 0.25) is 8.03 Å². The molecule has 0 amide bonds. The molecular weight excluding hydrogens is 155 g/mol. The van der Waals surface area contributed by atoms with Crippen molar-refractivity contribution in [2.24, 2.45) is 0 Å². The first-order valence-electron chi connectivity index (χ1n) is 2.67. The average Bonchev–Trinajstić information content (AvgIpc) is 1.63. The molecular formula is C5H11O2PS. The maximum Gasteiger partial charge on any atom is 0.234 e. The van der Waals surface area contributed by atoms with E-state index in [0.29, 0.717) is 5.09 Å². The monoisotopic (exact) mass is 166 g/mol. The van der Waals surface area contributed by atoms with E-state index < -0.39 is 8.03 Å². The van der Waals surface area contributed by atoms with Gasteiger partial charge in [0, 0.05) is 6.66 Å². The van der Waals surface area contributed by atoms with Crippen LogP contribution in [0.1, 0.15) is 6.92 Å². The van der Waals surface area contributed by atoms with Gasteiger partial charge in [-0.2, -0.15) is 0 Å². The van der Waals surface area contributed by atoms with Crippen LogP contribution >= 0.6 is 19.8 Å². The number of hydrogen-bond donors (Lipinski definition) is 0. The van der Waals surface area contributed by atoms with Gasteiger partial charge >= 0.3 is 0 Å². The Labute approximate surface area is 60.5 Å². The van der Waals surface area contributed by atoms with Crippen LogP contribution in [0, 0.1) is 0 Å². The van der Waals surface area contributed by atoms with Crippen LogP contribution in [0.4, 0.5) is 0 Å². The van der Waals surface area contributed by atoms with E-state index in [4.69, 9.17) is 4.52 Å². The smallest absolute Gasteiger partial charge is 0.234 e. The van der Waals surface area contributed by atoms with Gasteiger partial charge < -0.3 is 4.52 Å². The van der Waals surface area contributed by atoms with E-state index in [0.717, 1.165) is 5.75 Å². The molecule has 0 heterocycles. The summed E-state index contributed by atoms with van der Waals surface area (Å²) in [7, 11) is -1.83. The number of rotatable bonds is 4. The van der Waals surface area contributed by atoms with E-state index in [2.05, 4.69) is 6.58 Å². The minimum Gasteiger partial charge on any atom is -0.439 e. The molecule has 54 valence electrons. The summed E-state index contributed by atoms with van der Waals surface area (Å²) < 4.78 is 15.2. The molecule has 0 saturated heterocycles. The second-order valence-corrected chi connectivity index (χ2v) is 3.91. The van der Waals surface area contributed by atoms with Crippen molar-refractivity contribution in [2.75, 3.05) is 12.4 Å². The maximum atomic E-state index is 10.4. The summed E-state index contributed by atoms with van der Waals surface area (Å²) in [6.07, 6.45) is 0. The lowest BCUT2D eigenvalue weighted by Gasteiger charge is -2.01. The van der Waals surface area contributed by atoms with Crippen LogP contribution in [0.15, 0.2) is 11.7 Å². The highest BCUT2D eigenvalue weighted by Crippen LogP contribution is 2.26. The summed E-state index contributed by atoms with van der Waals surface area (Å²) >= 11 is 1.47. The van der Waals surface area contributed by atoms with Crippen LogP contribution < -0.4 is 0 Å². The van der Waals surface area contributed by atoms with Gasteiger partial charge in [0.1, 0.15) is 0 Å². The van der Waals surface area contributed by atoms with Crippen LogP contribution in [-0.4, -0.2) is 12.4 Å². The maximum absolute atomic E-state index is 10.4. The number of thioether (sulfide) groups is 1. The van der Waals surface area contributed by atoms with Gasteiger partial charge in [-0.3, -0.25) is 4.57 Å². The summed E-state index contributed by atoms with van der Waals surface area (Å²) in [6.45, 7) is 7.09. The molecule has 0 aliphatic rings. The summed E-state index contributed by atoms with van der Waals surface area (Å²) in [6, 6.07) is 0. The van der Waals surface area contributed by atoms with Crippen molar-refractivity contribution in [3.63, 3.8) is 0 Å². The Balaban J connectivity index is 3.39. The van der Waals surface area contributed by atoms with Crippen LogP contribution in [0.25, 0.3) is 0 Å². The predicted octanol–water partition coefficient (Wildman–Crippen LogP) is 2.33. The van der Waals surface area contributed by atoms with Gasteiger partial charge in [0.15, 0.2) is 5.09 Å². The fourth-order valence-electron chi connectivity index (χ4n) is 0.351. The molecule has 0 aromatic rings. The predicted molar refractivity (Wildman–Crippen MR) is 43.3 cm³/mol. The van der Waals surface area contributed by atoms with E-state index in [9.17, 15) is 4.57 Å². The summed E-state index contributed by atoms with van der Waals surface area (Å²) in [5.41, 5.74) is 0. The molecule has 0 aliphatic heterocycles. The molecule has 0 aliphatic carbocycles. The summed E-state index contributed by atoms with van der Waals surface area (Å²) in [4.78, 5) is 0. The Morgan fingerprint density at radius 2 is 2.44 bits per heavy atom. The molecule has 0 saturated carbocycles. The SMILES string of the molecule is C=C(O[PH](C)=O)SCC. The highest BCUT2D eigenvalue weighted by atomic mass is 32.2. The van der Waals surface area contributed by atoms with Crippen molar-refractivity contribution in [3.05, 3.63) is 11.7 Å².